The summed E-state index contributed by atoms with van der Waals surface area (Å²) in [4.78, 5) is 8.98. The molecule has 130 valence electrons. The van der Waals surface area contributed by atoms with Crippen LogP contribution in [0.25, 0.3) is 11.3 Å². The summed E-state index contributed by atoms with van der Waals surface area (Å²) in [5.41, 5.74) is 2.84. The average Bonchev–Trinajstić information content (AvgIpc) is 2.67. The molecule has 0 atom stereocenters. The second kappa shape index (κ2) is 8.41. The van der Waals surface area contributed by atoms with Crippen LogP contribution in [0.2, 0.25) is 10.0 Å². The van der Waals surface area contributed by atoms with E-state index in [0.29, 0.717) is 38.8 Å². The summed E-state index contributed by atoms with van der Waals surface area (Å²) in [7, 11) is 0. The van der Waals surface area contributed by atoms with Crippen LogP contribution < -0.4 is 5.32 Å². The lowest BCUT2D eigenvalue weighted by Crippen LogP contribution is -2.07. The van der Waals surface area contributed by atoms with Crippen LogP contribution in [-0.2, 0) is 6.54 Å². The maximum atomic E-state index is 9.69. The third-order valence-electron chi connectivity index (χ3n) is 3.67. The van der Waals surface area contributed by atoms with Crippen LogP contribution >= 0.6 is 35.0 Å². The zero-order valence-electron chi connectivity index (χ0n) is 13.8. The van der Waals surface area contributed by atoms with E-state index >= 15 is 0 Å². The second-order valence-corrected chi connectivity index (χ2v) is 7.03. The Labute approximate surface area is 166 Å². The van der Waals surface area contributed by atoms with E-state index in [1.54, 1.807) is 12.1 Å². The Kier molecular flexibility index (Phi) is 6.00. The Morgan fingerprint density at radius 2 is 1.62 bits per heavy atom. The van der Waals surface area contributed by atoms with E-state index in [9.17, 15) is 5.26 Å². The van der Waals surface area contributed by atoms with Gasteiger partial charge in [0.15, 0.2) is 5.16 Å². The van der Waals surface area contributed by atoms with Gasteiger partial charge in [0.2, 0.25) is 0 Å². The highest BCUT2D eigenvalue weighted by molar-refractivity contribution is 7.98. The van der Waals surface area contributed by atoms with Crippen molar-refractivity contribution in [3.05, 3.63) is 69.7 Å². The van der Waals surface area contributed by atoms with Crippen molar-refractivity contribution in [3.8, 4) is 17.3 Å². The quantitative estimate of drug-likeness (QED) is 0.442. The van der Waals surface area contributed by atoms with Gasteiger partial charge in [-0.25, -0.2) is 9.97 Å². The summed E-state index contributed by atoms with van der Waals surface area (Å²) >= 11 is 13.3. The SMILES string of the molecule is CSc1nc(NCc2ccc(Cl)cc2)c(C#N)c(-c2ccc(Cl)cc2)n1. The van der Waals surface area contributed by atoms with Gasteiger partial charge >= 0.3 is 0 Å². The van der Waals surface area contributed by atoms with Gasteiger partial charge in [-0.3, -0.25) is 0 Å². The Hall–Kier alpha value is -2.26. The van der Waals surface area contributed by atoms with Gasteiger partial charge in [0.05, 0.1) is 5.69 Å². The molecular weight excluding hydrogens is 387 g/mol. The molecule has 1 aromatic heterocycles. The lowest BCUT2D eigenvalue weighted by atomic mass is 10.1. The van der Waals surface area contributed by atoms with E-state index < -0.39 is 0 Å². The van der Waals surface area contributed by atoms with Crippen LogP contribution in [0.4, 0.5) is 5.82 Å². The van der Waals surface area contributed by atoms with Gasteiger partial charge in [-0.2, -0.15) is 5.26 Å². The van der Waals surface area contributed by atoms with Gasteiger partial charge < -0.3 is 5.32 Å². The number of aromatic nitrogens is 2. The standard InChI is InChI=1S/C19H14Cl2N4S/c1-26-19-24-17(13-4-8-15(21)9-5-13)16(10-22)18(25-19)23-11-12-2-6-14(20)7-3-12/h2-9H,11H2,1H3,(H,23,24,25). The van der Waals surface area contributed by atoms with Crippen molar-refractivity contribution in [2.45, 2.75) is 11.7 Å². The Morgan fingerprint density at radius 3 is 2.19 bits per heavy atom. The van der Waals surface area contributed by atoms with Crippen LogP contribution in [0.3, 0.4) is 0 Å². The third kappa shape index (κ3) is 4.28. The first kappa shape index (κ1) is 18.5. The maximum Gasteiger partial charge on any atom is 0.189 e. The number of benzene rings is 2. The molecule has 0 aliphatic heterocycles. The minimum atomic E-state index is 0.402. The molecule has 0 fully saturated rings. The minimum absolute atomic E-state index is 0.402. The van der Waals surface area contributed by atoms with Crippen LogP contribution in [0, 0.1) is 11.3 Å². The van der Waals surface area contributed by atoms with Crippen LogP contribution in [0.5, 0.6) is 0 Å². The summed E-state index contributed by atoms with van der Waals surface area (Å²) in [5.74, 6) is 0.506. The molecule has 0 unspecified atom stereocenters. The molecule has 3 rings (SSSR count). The number of anilines is 1. The summed E-state index contributed by atoms with van der Waals surface area (Å²) in [5, 5.41) is 14.8. The molecule has 4 nitrogen and oxygen atoms in total. The van der Waals surface area contributed by atoms with E-state index in [0.717, 1.165) is 11.1 Å². The fourth-order valence-electron chi connectivity index (χ4n) is 2.37. The monoisotopic (exact) mass is 400 g/mol. The molecule has 0 saturated heterocycles. The third-order valence-corrected chi connectivity index (χ3v) is 4.73. The van der Waals surface area contributed by atoms with Crippen molar-refractivity contribution in [2.24, 2.45) is 0 Å². The largest absolute Gasteiger partial charge is 0.365 e. The van der Waals surface area contributed by atoms with Crippen molar-refractivity contribution >= 4 is 40.8 Å². The first-order chi connectivity index (χ1) is 12.6. The summed E-state index contributed by atoms with van der Waals surface area (Å²) in [6.45, 7) is 0.525. The number of nitrogens with zero attached hydrogens (tertiary/aromatic N) is 3. The highest BCUT2D eigenvalue weighted by atomic mass is 35.5. The maximum absolute atomic E-state index is 9.69. The van der Waals surface area contributed by atoms with Crippen molar-refractivity contribution in [2.75, 3.05) is 11.6 Å². The second-order valence-electron chi connectivity index (χ2n) is 5.38. The molecule has 2 aromatic carbocycles. The first-order valence-electron chi connectivity index (χ1n) is 7.71. The van der Waals surface area contributed by atoms with Crippen molar-refractivity contribution in [3.63, 3.8) is 0 Å². The van der Waals surface area contributed by atoms with E-state index in [1.807, 2.05) is 42.7 Å². The molecule has 1 heterocycles. The Morgan fingerprint density at radius 1 is 1.00 bits per heavy atom. The van der Waals surface area contributed by atoms with Crippen molar-refractivity contribution in [1.82, 2.24) is 9.97 Å². The van der Waals surface area contributed by atoms with E-state index in [4.69, 9.17) is 23.2 Å². The van der Waals surface area contributed by atoms with E-state index in [-0.39, 0.29) is 0 Å². The van der Waals surface area contributed by atoms with Crippen molar-refractivity contribution in [1.29, 1.82) is 5.26 Å². The van der Waals surface area contributed by atoms with Gasteiger partial charge in [0.25, 0.3) is 0 Å². The van der Waals surface area contributed by atoms with Gasteiger partial charge in [-0.1, -0.05) is 59.2 Å². The Bertz CT molecular complexity index is 951. The van der Waals surface area contributed by atoms with Crippen LogP contribution in [0.15, 0.2) is 53.7 Å². The highest BCUT2D eigenvalue weighted by Crippen LogP contribution is 2.29. The highest BCUT2D eigenvalue weighted by Gasteiger charge is 2.16. The lowest BCUT2D eigenvalue weighted by Gasteiger charge is -2.12. The smallest absolute Gasteiger partial charge is 0.189 e. The molecule has 26 heavy (non-hydrogen) atoms. The first-order valence-corrected chi connectivity index (χ1v) is 9.69. The normalized spacial score (nSPS) is 10.4. The molecule has 0 bridgehead atoms. The minimum Gasteiger partial charge on any atom is -0.365 e. The molecule has 0 aliphatic rings. The topological polar surface area (TPSA) is 61.6 Å². The van der Waals surface area contributed by atoms with E-state index in [2.05, 4.69) is 21.4 Å². The average molecular weight is 401 g/mol. The number of hydrogen-bond donors (Lipinski definition) is 1. The zero-order valence-corrected chi connectivity index (χ0v) is 16.2. The predicted octanol–water partition coefficient (Wildman–Crippen LogP) is 5.66. The van der Waals surface area contributed by atoms with Gasteiger partial charge in [0.1, 0.15) is 17.5 Å². The van der Waals surface area contributed by atoms with Gasteiger partial charge in [-0.15, -0.1) is 0 Å². The molecule has 0 amide bonds. The lowest BCUT2D eigenvalue weighted by molar-refractivity contribution is 0.955. The number of nitriles is 1. The number of nitrogens with one attached hydrogen (secondary N) is 1. The van der Waals surface area contributed by atoms with Gasteiger partial charge in [-0.05, 0) is 36.1 Å². The van der Waals surface area contributed by atoms with Crippen LogP contribution in [-0.4, -0.2) is 16.2 Å². The molecule has 7 heteroatoms. The Balaban J connectivity index is 1.98. The molecule has 0 saturated carbocycles. The molecule has 1 N–H and O–H groups in total. The molecule has 0 radical (unpaired) electrons. The number of hydrogen-bond acceptors (Lipinski definition) is 5. The molecule has 0 spiro atoms. The number of rotatable bonds is 5. The van der Waals surface area contributed by atoms with E-state index in [1.165, 1.54) is 11.8 Å². The summed E-state index contributed by atoms with van der Waals surface area (Å²) < 4.78 is 0. The fourth-order valence-corrected chi connectivity index (χ4v) is 2.99. The van der Waals surface area contributed by atoms with Crippen molar-refractivity contribution < 1.29 is 0 Å². The molecule has 3 aromatic rings. The number of thioether (sulfide) groups is 1. The predicted molar refractivity (Wildman–Crippen MR) is 108 cm³/mol. The molecular formula is C19H14Cl2N4S. The fraction of sp³-hybridized carbons (Fsp3) is 0.105. The zero-order chi connectivity index (χ0) is 18.5. The summed E-state index contributed by atoms with van der Waals surface area (Å²) in [6.07, 6.45) is 1.90. The van der Waals surface area contributed by atoms with Gasteiger partial charge in [0, 0.05) is 22.2 Å². The number of halogens is 2. The van der Waals surface area contributed by atoms with Crippen LogP contribution in [0.1, 0.15) is 11.1 Å². The summed E-state index contributed by atoms with van der Waals surface area (Å²) in [6, 6.07) is 17.0. The molecule has 0 aliphatic carbocycles.